The molecule has 0 spiro atoms. The van der Waals surface area contributed by atoms with Crippen LogP contribution in [-0.2, 0) is 14.3 Å². The molecule has 0 bridgehead atoms. The number of aliphatic hydroxyl groups excluding tert-OH is 1. The minimum atomic E-state index is -0.986. The van der Waals surface area contributed by atoms with E-state index < -0.39 is 23.7 Å². The fourth-order valence-electron chi connectivity index (χ4n) is 4.16. The molecule has 186 valence electrons. The lowest BCUT2D eigenvalue weighted by Crippen LogP contribution is -2.29. The number of aryl methyl sites for hydroxylation is 3. The number of ketones is 1. The molecule has 0 saturated carbocycles. The molecule has 1 aromatic heterocycles. The van der Waals surface area contributed by atoms with Crippen molar-refractivity contribution in [2.45, 2.75) is 33.7 Å². The second kappa shape index (κ2) is 9.94. The second-order valence-corrected chi connectivity index (χ2v) is 9.37. The number of hydrogen-bond donors (Lipinski definition) is 1. The van der Waals surface area contributed by atoms with Crippen molar-refractivity contribution < 1.29 is 29.0 Å². The van der Waals surface area contributed by atoms with Gasteiger partial charge in [0.05, 0.1) is 31.0 Å². The third-order valence-electron chi connectivity index (χ3n) is 5.95. The van der Waals surface area contributed by atoms with E-state index in [0.717, 1.165) is 22.5 Å². The van der Waals surface area contributed by atoms with E-state index in [2.05, 4.69) is 4.98 Å². The van der Waals surface area contributed by atoms with Gasteiger partial charge in [0.2, 0.25) is 0 Å². The number of carbonyl (C=O) groups is 3. The number of methoxy groups -OCH3 is 1. The van der Waals surface area contributed by atoms with Gasteiger partial charge in [0.25, 0.3) is 5.78 Å². The third-order valence-corrected chi connectivity index (χ3v) is 7.09. The number of anilines is 1. The third kappa shape index (κ3) is 4.37. The lowest BCUT2D eigenvalue weighted by Gasteiger charge is -2.23. The van der Waals surface area contributed by atoms with Gasteiger partial charge in [-0.25, -0.2) is 9.78 Å². The zero-order valence-electron chi connectivity index (χ0n) is 20.6. The number of Topliss-reactive ketones (excluding diaryl/α,β-unsaturated/α-hetero) is 1. The number of hydrogen-bond acceptors (Lipinski definition) is 8. The summed E-state index contributed by atoms with van der Waals surface area (Å²) in [4.78, 5) is 45.1. The van der Waals surface area contributed by atoms with Gasteiger partial charge in [0.1, 0.15) is 16.4 Å². The number of carbonyl (C=O) groups excluding carboxylic acids is 3. The number of esters is 1. The lowest BCUT2D eigenvalue weighted by molar-refractivity contribution is -0.132. The number of amides is 1. The molecular formula is C27H26N2O6S. The Balaban J connectivity index is 1.96. The highest BCUT2D eigenvalue weighted by atomic mass is 32.1. The van der Waals surface area contributed by atoms with Crippen molar-refractivity contribution in [3.8, 4) is 5.75 Å². The fraction of sp³-hybridized carbons (Fsp3) is 0.259. The molecule has 0 aliphatic carbocycles. The fourth-order valence-corrected chi connectivity index (χ4v) is 5.15. The Hall–Kier alpha value is -3.98. The standard InChI is InChI=1S/C27H26N2O6S/c1-6-35-26(33)24-16(4)28-27(36-24)29-21(17-8-7-9-18(13-17)34-5)20(23(31)25(29)32)22(30)19-12-14(2)10-11-15(19)3/h7-13,21,30H,6H2,1-5H3/b22-20+. The van der Waals surface area contributed by atoms with Crippen molar-refractivity contribution in [1.82, 2.24) is 4.98 Å². The van der Waals surface area contributed by atoms with E-state index in [1.807, 2.05) is 26.0 Å². The SMILES string of the molecule is CCOC(=O)c1sc(N2C(=O)C(=O)/C(=C(/O)c3cc(C)ccc3C)C2c2cccc(OC)c2)nc1C. The second-order valence-electron chi connectivity index (χ2n) is 8.40. The Morgan fingerprint density at radius 2 is 1.89 bits per heavy atom. The Morgan fingerprint density at radius 3 is 2.58 bits per heavy atom. The van der Waals surface area contributed by atoms with Crippen molar-refractivity contribution in [3.05, 3.63) is 80.9 Å². The van der Waals surface area contributed by atoms with Gasteiger partial charge in [-0.3, -0.25) is 14.5 Å². The number of benzene rings is 2. The van der Waals surface area contributed by atoms with E-state index in [0.29, 0.717) is 22.6 Å². The number of nitrogens with zero attached hydrogens (tertiary/aromatic N) is 2. The first-order valence-electron chi connectivity index (χ1n) is 11.3. The van der Waals surface area contributed by atoms with E-state index >= 15 is 0 Å². The van der Waals surface area contributed by atoms with Crippen LogP contribution in [0.5, 0.6) is 5.75 Å². The Labute approximate surface area is 212 Å². The highest BCUT2D eigenvalue weighted by molar-refractivity contribution is 7.17. The molecule has 1 fully saturated rings. The Kier molecular flexibility index (Phi) is 6.94. The van der Waals surface area contributed by atoms with Crippen LogP contribution >= 0.6 is 11.3 Å². The van der Waals surface area contributed by atoms with Gasteiger partial charge in [0.15, 0.2) is 5.13 Å². The van der Waals surface area contributed by atoms with Crippen LogP contribution in [0.25, 0.3) is 5.76 Å². The molecule has 1 unspecified atom stereocenters. The van der Waals surface area contributed by atoms with E-state index in [4.69, 9.17) is 9.47 Å². The largest absolute Gasteiger partial charge is 0.507 e. The van der Waals surface area contributed by atoms with Crippen LogP contribution in [0.1, 0.15) is 50.6 Å². The number of aromatic nitrogens is 1. The maximum Gasteiger partial charge on any atom is 0.350 e. The normalized spacial score (nSPS) is 16.9. The van der Waals surface area contributed by atoms with Gasteiger partial charge in [-0.1, -0.05) is 41.2 Å². The number of rotatable bonds is 6. The van der Waals surface area contributed by atoms with Crippen molar-refractivity contribution >= 4 is 39.9 Å². The highest BCUT2D eigenvalue weighted by Crippen LogP contribution is 2.44. The summed E-state index contributed by atoms with van der Waals surface area (Å²) < 4.78 is 10.5. The number of ether oxygens (including phenoxy) is 2. The molecule has 2 aromatic carbocycles. The summed E-state index contributed by atoms with van der Waals surface area (Å²) >= 11 is 0.966. The molecule has 1 saturated heterocycles. The van der Waals surface area contributed by atoms with Crippen LogP contribution in [0, 0.1) is 20.8 Å². The van der Waals surface area contributed by atoms with Gasteiger partial charge in [-0.2, -0.15) is 0 Å². The topological polar surface area (TPSA) is 106 Å². The first kappa shape index (κ1) is 25.1. The maximum atomic E-state index is 13.4. The Bertz CT molecular complexity index is 1410. The molecule has 3 aromatic rings. The summed E-state index contributed by atoms with van der Waals surface area (Å²) in [7, 11) is 1.52. The molecule has 1 N–H and O–H groups in total. The molecule has 9 heteroatoms. The van der Waals surface area contributed by atoms with Crippen LogP contribution < -0.4 is 9.64 Å². The molecule has 1 atom stereocenters. The monoisotopic (exact) mass is 506 g/mol. The first-order chi connectivity index (χ1) is 17.2. The molecule has 8 nitrogen and oxygen atoms in total. The van der Waals surface area contributed by atoms with Crippen LogP contribution in [0.3, 0.4) is 0 Å². The minimum Gasteiger partial charge on any atom is -0.507 e. The summed E-state index contributed by atoms with van der Waals surface area (Å²) in [6.07, 6.45) is 0. The number of thiazole rings is 1. The predicted octanol–water partition coefficient (Wildman–Crippen LogP) is 4.88. The molecule has 0 radical (unpaired) electrons. The molecule has 1 aliphatic rings. The van der Waals surface area contributed by atoms with E-state index in [9.17, 15) is 19.5 Å². The maximum absolute atomic E-state index is 13.4. The quantitative estimate of drug-likeness (QED) is 0.220. The van der Waals surface area contributed by atoms with Crippen molar-refractivity contribution in [1.29, 1.82) is 0 Å². The summed E-state index contributed by atoms with van der Waals surface area (Å²) in [6.45, 7) is 7.23. The number of aliphatic hydroxyl groups is 1. The zero-order valence-corrected chi connectivity index (χ0v) is 21.4. The Morgan fingerprint density at radius 1 is 1.14 bits per heavy atom. The van der Waals surface area contributed by atoms with Crippen molar-refractivity contribution in [2.75, 3.05) is 18.6 Å². The van der Waals surface area contributed by atoms with Gasteiger partial charge in [-0.05, 0) is 57.0 Å². The van der Waals surface area contributed by atoms with Gasteiger partial charge in [0, 0.05) is 5.56 Å². The van der Waals surface area contributed by atoms with Gasteiger partial charge in [-0.15, -0.1) is 0 Å². The summed E-state index contributed by atoms with van der Waals surface area (Å²) in [5, 5.41) is 11.6. The average molecular weight is 507 g/mol. The molecule has 1 aliphatic heterocycles. The van der Waals surface area contributed by atoms with E-state index in [-0.39, 0.29) is 27.9 Å². The molecule has 4 rings (SSSR count). The summed E-state index contributed by atoms with van der Waals surface area (Å²) in [5.41, 5.74) is 2.98. The first-order valence-corrected chi connectivity index (χ1v) is 12.2. The van der Waals surface area contributed by atoms with Crippen LogP contribution in [-0.4, -0.2) is 41.5 Å². The van der Waals surface area contributed by atoms with Crippen LogP contribution in [0.15, 0.2) is 48.0 Å². The van der Waals surface area contributed by atoms with Gasteiger partial charge < -0.3 is 14.6 Å². The molecule has 1 amide bonds. The van der Waals surface area contributed by atoms with E-state index in [1.165, 1.54) is 12.0 Å². The van der Waals surface area contributed by atoms with E-state index in [1.54, 1.807) is 44.2 Å². The van der Waals surface area contributed by atoms with Gasteiger partial charge >= 0.3 is 11.9 Å². The summed E-state index contributed by atoms with van der Waals surface area (Å²) in [6, 6.07) is 11.5. The smallest absolute Gasteiger partial charge is 0.350 e. The predicted molar refractivity (Wildman–Crippen MR) is 137 cm³/mol. The highest BCUT2D eigenvalue weighted by Gasteiger charge is 2.48. The lowest BCUT2D eigenvalue weighted by atomic mass is 9.93. The van der Waals surface area contributed by atoms with Crippen LogP contribution in [0.4, 0.5) is 5.13 Å². The molecule has 2 heterocycles. The summed E-state index contributed by atoms with van der Waals surface area (Å²) in [5.74, 6) is -2.00. The van der Waals surface area contributed by atoms with Crippen LogP contribution in [0.2, 0.25) is 0 Å². The minimum absolute atomic E-state index is 0.0625. The molecule has 36 heavy (non-hydrogen) atoms. The van der Waals surface area contributed by atoms with Crippen molar-refractivity contribution in [3.63, 3.8) is 0 Å². The van der Waals surface area contributed by atoms with Crippen molar-refractivity contribution in [2.24, 2.45) is 0 Å². The zero-order chi connectivity index (χ0) is 26.1. The molecular weight excluding hydrogens is 480 g/mol. The average Bonchev–Trinajstić information content (AvgIpc) is 3.37.